The average molecular weight is 278 g/mol. The van der Waals surface area contributed by atoms with Crippen LogP contribution in [0.25, 0.3) is 10.9 Å². The quantitative estimate of drug-likeness (QED) is 0.836. The minimum Gasteiger partial charge on any atom is -0.346 e. The Morgan fingerprint density at radius 2 is 1.84 bits per heavy atom. The van der Waals surface area contributed by atoms with Crippen molar-refractivity contribution >= 4 is 22.5 Å². The molecule has 102 valence electrons. The molecule has 1 fully saturated rings. The van der Waals surface area contributed by atoms with E-state index in [1.807, 2.05) is 12.1 Å². The maximum atomic E-state index is 6.27. The molecule has 0 bridgehead atoms. The highest BCUT2D eigenvalue weighted by atomic mass is 35.5. The van der Waals surface area contributed by atoms with Gasteiger partial charge in [-0.05, 0) is 25.2 Å². The lowest BCUT2D eigenvalue weighted by Gasteiger charge is -2.32. The largest absolute Gasteiger partial charge is 0.346 e. The van der Waals surface area contributed by atoms with Crippen LogP contribution in [0, 0.1) is 0 Å². The van der Waals surface area contributed by atoms with E-state index in [0.717, 1.165) is 43.1 Å². The van der Waals surface area contributed by atoms with Crippen molar-refractivity contribution in [2.24, 2.45) is 7.05 Å². The van der Waals surface area contributed by atoms with Crippen molar-refractivity contribution in [2.75, 3.05) is 33.2 Å². The SMILES string of the molecule is CN1CCN(Cc2cc3c(Cl)cccc3n2C)CC1. The van der Waals surface area contributed by atoms with Gasteiger partial charge in [0.2, 0.25) is 0 Å². The molecule has 19 heavy (non-hydrogen) atoms. The van der Waals surface area contributed by atoms with Gasteiger partial charge < -0.3 is 9.47 Å². The van der Waals surface area contributed by atoms with Crippen molar-refractivity contribution in [1.29, 1.82) is 0 Å². The Balaban J connectivity index is 1.85. The Labute approximate surface area is 119 Å². The van der Waals surface area contributed by atoms with Crippen LogP contribution in [0.1, 0.15) is 5.69 Å². The molecule has 0 unspecified atom stereocenters. The third-order valence-electron chi connectivity index (χ3n) is 4.11. The van der Waals surface area contributed by atoms with Gasteiger partial charge in [-0.3, -0.25) is 4.90 Å². The molecule has 1 aromatic carbocycles. The maximum absolute atomic E-state index is 6.27. The highest BCUT2D eigenvalue weighted by Gasteiger charge is 2.16. The number of benzene rings is 1. The third kappa shape index (κ3) is 2.50. The molecule has 0 amide bonds. The summed E-state index contributed by atoms with van der Waals surface area (Å²) in [7, 11) is 4.32. The molecule has 0 N–H and O–H groups in total. The van der Waals surface area contributed by atoms with E-state index in [9.17, 15) is 0 Å². The van der Waals surface area contributed by atoms with Gasteiger partial charge in [0.15, 0.2) is 0 Å². The molecule has 3 rings (SSSR count). The van der Waals surface area contributed by atoms with Crippen molar-refractivity contribution in [2.45, 2.75) is 6.54 Å². The number of aryl methyl sites for hydroxylation is 1. The summed E-state index contributed by atoms with van der Waals surface area (Å²) in [4.78, 5) is 4.90. The first-order valence-electron chi connectivity index (χ1n) is 6.79. The molecule has 0 spiro atoms. The van der Waals surface area contributed by atoms with Crippen LogP contribution in [0.15, 0.2) is 24.3 Å². The van der Waals surface area contributed by atoms with Crippen molar-refractivity contribution in [1.82, 2.24) is 14.4 Å². The number of hydrogen-bond donors (Lipinski definition) is 0. The number of aromatic nitrogens is 1. The van der Waals surface area contributed by atoms with Crippen LogP contribution >= 0.6 is 11.6 Å². The Hall–Kier alpha value is -1.03. The molecule has 0 saturated carbocycles. The molecule has 0 aliphatic carbocycles. The third-order valence-corrected chi connectivity index (χ3v) is 4.44. The Morgan fingerprint density at radius 3 is 2.53 bits per heavy atom. The maximum Gasteiger partial charge on any atom is 0.0499 e. The Kier molecular flexibility index (Phi) is 3.52. The summed E-state index contributed by atoms with van der Waals surface area (Å²) in [5, 5.41) is 2.01. The zero-order valence-electron chi connectivity index (χ0n) is 11.6. The number of fused-ring (bicyclic) bond motifs is 1. The summed E-state index contributed by atoms with van der Waals surface area (Å²) in [5.41, 5.74) is 2.56. The molecule has 1 aromatic heterocycles. The van der Waals surface area contributed by atoms with Crippen molar-refractivity contribution in [3.05, 3.63) is 35.0 Å². The Morgan fingerprint density at radius 1 is 1.11 bits per heavy atom. The van der Waals surface area contributed by atoms with Gasteiger partial charge in [-0.1, -0.05) is 17.7 Å². The van der Waals surface area contributed by atoms with E-state index < -0.39 is 0 Å². The van der Waals surface area contributed by atoms with Gasteiger partial charge >= 0.3 is 0 Å². The number of rotatable bonds is 2. The standard InChI is InChI=1S/C15H20ClN3/c1-17-6-8-19(9-7-17)11-12-10-13-14(16)4-3-5-15(13)18(12)2/h3-5,10H,6-9,11H2,1-2H3. The highest BCUT2D eigenvalue weighted by Crippen LogP contribution is 2.26. The van der Waals surface area contributed by atoms with Crippen LogP contribution in [-0.2, 0) is 13.6 Å². The van der Waals surface area contributed by atoms with E-state index in [4.69, 9.17) is 11.6 Å². The lowest BCUT2D eigenvalue weighted by Crippen LogP contribution is -2.44. The van der Waals surface area contributed by atoms with Gasteiger partial charge in [-0.15, -0.1) is 0 Å². The number of nitrogens with zero attached hydrogens (tertiary/aromatic N) is 3. The van der Waals surface area contributed by atoms with E-state index in [1.54, 1.807) is 0 Å². The topological polar surface area (TPSA) is 11.4 Å². The average Bonchev–Trinajstić information content (AvgIpc) is 2.72. The zero-order valence-corrected chi connectivity index (χ0v) is 12.3. The van der Waals surface area contributed by atoms with Crippen LogP contribution in [0.4, 0.5) is 0 Å². The number of piperazine rings is 1. The van der Waals surface area contributed by atoms with Crippen LogP contribution < -0.4 is 0 Å². The fourth-order valence-electron chi connectivity index (χ4n) is 2.77. The zero-order chi connectivity index (χ0) is 13.4. The summed E-state index contributed by atoms with van der Waals surface area (Å²) in [5.74, 6) is 0. The predicted octanol–water partition coefficient (Wildman–Crippen LogP) is 2.58. The summed E-state index contributed by atoms with van der Waals surface area (Å²) in [6.45, 7) is 5.61. The lowest BCUT2D eigenvalue weighted by molar-refractivity contribution is 0.146. The van der Waals surface area contributed by atoms with E-state index in [1.165, 1.54) is 11.2 Å². The van der Waals surface area contributed by atoms with Crippen LogP contribution in [-0.4, -0.2) is 47.6 Å². The normalized spacial score (nSPS) is 18.3. The highest BCUT2D eigenvalue weighted by molar-refractivity contribution is 6.35. The van der Waals surface area contributed by atoms with Crippen LogP contribution in [0.3, 0.4) is 0 Å². The van der Waals surface area contributed by atoms with Gasteiger partial charge in [0.25, 0.3) is 0 Å². The summed E-state index contributed by atoms with van der Waals surface area (Å²) in [6, 6.07) is 8.35. The van der Waals surface area contributed by atoms with E-state index in [0.29, 0.717) is 0 Å². The van der Waals surface area contributed by atoms with E-state index in [2.05, 4.69) is 40.6 Å². The number of likely N-dealkylation sites (N-methyl/N-ethyl adjacent to an activating group) is 1. The molecule has 4 heteroatoms. The fraction of sp³-hybridized carbons (Fsp3) is 0.467. The second-order valence-electron chi connectivity index (χ2n) is 5.45. The summed E-state index contributed by atoms with van der Waals surface area (Å²) in [6.07, 6.45) is 0. The molecule has 0 radical (unpaired) electrons. The molecular weight excluding hydrogens is 258 g/mol. The minimum atomic E-state index is 0.845. The van der Waals surface area contributed by atoms with Crippen molar-refractivity contribution in [3.8, 4) is 0 Å². The minimum absolute atomic E-state index is 0.845. The monoisotopic (exact) mass is 277 g/mol. The molecule has 1 aliphatic heterocycles. The van der Waals surface area contributed by atoms with E-state index >= 15 is 0 Å². The smallest absolute Gasteiger partial charge is 0.0499 e. The van der Waals surface area contributed by atoms with Gasteiger partial charge in [0.05, 0.1) is 0 Å². The first-order valence-corrected chi connectivity index (χ1v) is 7.16. The second-order valence-corrected chi connectivity index (χ2v) is 5.85. The van der Waals surface area contributed by atoms with Crippen molar-refractivity contribution in [3.63, 3.8) is 0 Å². The van der Waals surface area contributed by atoms with Crippen molar-refractivity contribution < 1.29 is 0 Å². The van der Waals surface area contributed by atoms with E-state index in [-0.39, 0.29) is 0 Å². The molecule has 2 aromatic rings. The van der Waals surface area contributed by atoms with Crippen LogP contribution in [0.2, 0.25) is 5.02 Å². The number of hydrogen-bond acceptors (Lipinski definition) is 2. The molecule has 1 aliphatic rings. The predicted molar refractivity (Wildman–Crippen MR) is 80.7 cm³/mol. The number of halogens is 1. The lowest BCUT2D eigenvalue weighted by atomic mass is 10.2. The van der Waals surface area contributed by atoms with Gasteiger partial charge in [-0.2, -0.15) is 0 Å². The van der Waals surface area contributed by atoms with Gasteiger partial charge in [0, 0.05) is 61.4 Å². The van der Waals surface area contributed by atoms with Crippen LogP contribution in [0.5, 0.6) is 0 Å². The molecular formula is C15H20ClN3. The molecule has 0 atom stereocenters. The first-order chi connectivity index (χ1) is 9.15. The van der Waals surface area contributed by atoms with Gasteiger partial charge in [0.1, 0.15) is 0 Å². The molecule has 3 nitrogen and oxygen atoms in total. The summed E-state index contributed by atoms with van der Waals surface area (Å²) < 4.78 is 2.26. The molecule has 1 saturated heterocycles. The molecule has 2 heterocycles. The second kappa shape index (κ2) is 5.16. The van der Waals surface area contributed by atoms with Gasteiger partial charge in [-0.25, -0.2) is 0 Å². The first kappa shape index (κ1) is 13.0. The Bertz CT molecular complexity index is 582. The fourth-order valence-corrected chi connectivity index (χ4v) is 2.99. The summed E-state index contributed by atoms with van der Waals surface area (Å²) >= 11 is 6.27.